The first-order valence-corrected chi connectivity index (χ1v) is 6.93. The fraction of sp³-hybridized carbons (Fsp3) is 0.615. The third-order valence-corrected chi connectivity index (χ3v) is 3.65. The zero-order chi connectivity index (χ0) is 15.4. The van der Waals surface area contributed by atoms with Gasteiger partial charge in [0, 0.05) is 32.4 Å². The average molecular weight is 296 g/mol. The number of carboxylic acids is 1. The maximum Gasteiger partial charge on any atom is 0.356 e. The second-order valence-corrected chi connectivity index (χ2v) is 5.31. The second-order valence-electron chi connectivity index (χ2n) is 5.31. The Morgan fingerprint density at radius 1 is 1.52 bits per heavy atom. The van der Waals surface area contributed by atoms with Crippen LogP contribution in [-0.4, -0.2) is 62.4 Å². The van der Waals surface area contributed by atoms with E-state index in [-0.39, 0.29) is 23.7 Å². The predicted molar refractivity (Wildman–Crippen MR) is 73.9 cm³/mol. The van der Waals surface area contributed by atoms with Crippen molar-refractivity contribution in [2.24, 2.45) is 5.92 Å². The highest BCUT2D eigenvalue weighted by atomic mass is 16.4. The summed E-state index contributed by atoms with van der Waals surface area (Å²) in [6.07, 6.45) is 3.11. The maximum atomic E-state index is 12.0. The lowest BCUT2D eigenvalue weighted by Gasteiger charge is -2.34. The van der Waals surface area contributed by atoms with Crippen LogP contribution in [0.2, 0.25) is 0 Å². The third kappa shape index (κ3) is 3.94. The molecule has 0 spiro atoms. The summed E-state index contributed by atoms with van der Waals surface area (Å²) >= 11 is 0. The van der Waals surface area contributed by atoms with Gasteiger partial charge in [-0.1, -0.05) is 6.92 Å². The minimum Gasteiger partial charge on any atom is -0.476 e. The molecule has 0 aromatic carbocycles. The van der Waals surface area contributed by atoms with Crippen LogP contribution in [0, 0.1) is 5.92 Å². The van der Waals surface area contributed by atoms with Gasteiger partial charge in [-0.15, -0.1) is 0 Å². The molecule has 1 aliphatic heterocycles. The quantitative estimate of drug-likeness (QED) is 0.724. The smallest absolute Gasteiger partial charge is 0.356 e. The van der Waals surface area contributed by atoms with Gasteiger partial charge in [-0.2, -0.15) is 0 Å². The molecule has 0 saturated carbocycles. The summed E-state index contributed by atoms with van der Waals surface area (Å²) in [5, 5.41) is 21.2. The molecule has 116 valence electrons. The highest BCUT2D eigenvalue weighted by Crippen LogP contribution is 2.16. The average Bonchev–Trinajstić information content (AvgIpc) is 2.91. The Hall–Kier alpha value is -2.09. The van der Waals surface area contributed by atoms with Gasteiger partial charge in [0.2, 0.25) is 0 Å². The number of carbonyl (C=O) groups excluding carboxylic acids is 1. The molecule has 0 radical (unpaired) electrons. The number of carbonyl (C=O) groups is 2. The molecule has 2 unspecified atom stereocenters. The number of aromatic carboxylic acids is 1. The van der Waals surface area contributed by atoms with E-state index in [2.05, 4.69) is 10.3 Å². The Morgan fingerprint density at radius 3 is 2.90 bits per heavy atom. The molecule has 1 saturated heterocycles. The minimum atomic E-state index is -1.07. The largest absolute Gasteiger partial charge is 0.476 e. The van der Waals surface area contributed by atoms with Crippen molar-refractivity contribution in [1.82, 2.24) is 19.8 Å². The molecule has 1 aliphatic rings. The van der Waals surface area contributed by atoms with Gasteiger partial charge in [0.15, 0.2) is 5.69 Å². The van der Waals surface area contributed by atoms with E-state index in [0.29, 0.717) is 32.6 Å². The monoisotopic (exact) mass is 296 g/mol. The Bertz CT molecular complexity index is 516. The van der Waals surface area contributed by atoms with Crippen LogP contribution in [0.3, 0.4) is 0 Å². The van der Waals surface area contributed by atoms with Crippen molar-refractivity contribution in [3.8, 4) is 0 Å². The maximum absolute atomic E-state index is 12.0. The van der Waals surface area contributed by atoms with E-state index in [1.807, 2.05) is 6.92 Å². The summed E-state index contributed by atoms with van der Waals surface area (Å²) < 4.78 is 1.62. The molecular weight excluding hydrogens is 276 g/mol. The van der Waals surface area contributed by atoms with Crippen molar-refractivity contribution in [3.05, 3.63) is 18.2 Å². The number of likely N-dealkylation sites (tertiary alicyclic amines) is 1. The van der Waals surface area contributed by atoms with E-state index in [4.69, 9.17) is 5.11 Å². The lowest BCUT2D eigenvalue weighted by atomic mass is 9.97. The first-order valence-electron chi connectivity index (χ1n) is 6.93. The lowest BCUT2D eigenvalue weighted by Crippen LogP contribution is -2.49. The Balaban J connectivity index is 1.75. The van der Waals surface area contributed by atoms with Gasteiger partial charge in [-0.3, -0.25) is 0 Å². The number of imidazole rings is 1. The fourth-order valence-corrected chi connectivity index (χ4v) is 2.31. The highest BCUT2D eigenvalue weighted by molar-refractivity contribution is 5.84. The van der Waals surface area contributed by atoms with Crippen molar-refractivity contribution in [3.63, 3.8) is 0 Å². The number of aromatic nitrogens is 2. The lowest BCUT2D eigenvalue weighted by molar-refractivity contribution is 0.0481. The summed E-state index contributed by atoms with van der Waals surface area (Å²) in [6, 6.07) is -0.160. The zero-order valence-corrected chi connectivity index (χ0v) is 11.9. The van der Waals surface area contributed by atoms with Crippen LogP contribution in [0.25, 0.3) is 0 Å². The summed E-state index contributed by atoms with van der Waals surface area (Å²) in [6.45, 7) is 3.86. The van der Waals surface area contributed by atoms with Crippen LogP contribution in [0.5, 0.6) is 0 Å². The van der Waals surface area contributed by atoms with Crippen molar-refractivity contribution in [2.75, 3.05) is 19.6 Å². The van der Waals surface area contributed by atoms with Gasteiger partial charge >= 0.3 is 12.0 Å². The van der Waals surface area contributed by atoms with E-state index < -0.39 is 5.97 Å². The van der Waals surface area contributed by atoms with Crippen LogP contribution in [-0.2, 0) is 6.54 Å². The number of urea groups is 1. The first kappa shape index (κ1) is 15.3. The molecule has 1 aromatic heterocycles. The Kier molecular flexibility index (Phi) is 4.79. The van der Waals surface area contributed by atoms with Gasteiger partial charge in [-0.25, -0.2) is 14.6 Å². The molecule has 0 bridgehead atoms. The summed E-state index contributed by atoms with van der Waals surface area (Å²) in [5.41, 5.74) is -0.0137. The molecule has 1 aromatic rings. The van der Waals surface area contributed by atoms with Crippen LogP contribution < -0.4 is 5.32 Å². The van der Waals surface area contributed by atoms with Crippen LogP contribution in [0.15, 0.2) is 12.5 Å². The summed E-state index contributed by atoms with van der Waals surface area (Å²) in [7, 11) is 0. The number of rotatable bonds is 4. The first-order chi connectivity index (χ1) is 9.97. The second kappa shape index (κ2) is 6.57. The number of aliphatic hydroxyl groups is 1. The number of nitrogens with zero attached hydrogens (tertiary/aromatic N) is 3. The fourth-order valence-electron chi connectivity index (χ4n) is 2.31. The molecule has 2 rings (SSSR count). The summed E-state index contributed by atoms with van der Waals surface area (Å²) in [5.74, 6) is -0.991. The van der Waals surface area contributed by atoms with Crippen LogP contribution in [0.4, 0.5) is 4.79 Å². The topological polar surface area (TPSA) is 108 Å². The van der Waals surface area contributed by atoms with Crippen molar-refractivity contribution >= 4 is 12.0 Å². The summed E-state index contributed by atoms with van der Waals surface area (Å²) in [4.78, 5) is 28.1. The van der Waals surface area contributed by atoms with Gasteiger partial charge in [0.1, 0.15) is 0 Å². The molecule has 1 fully saturated rings. The Labute approximate surface area is 122 Å². The number of nitrogens with one attached hydrogen (secondary N) is 1. The van der Waals surface area contributed by atoms with E-state index in [1.165, 1.54) is 12.5 Å². The number of carboxylic acid groups (broad SMARTS) is 1. The Morgan fingerprint density at radius 2 is 2.29 bits per heavy atom. The van der Waals surface area contributed by atoms with Crippen molar-refractivity contribution in [1.29, 1.82) is 0 Å². The minimum absolute atomic E-state index is 0.0137. The zero-order valence-electron chi connectivity index (χ0n) is 11.9. The van der Waals surface area contributed by atoms with Crippen LogP contribution >= 0.6 is 0 Å². The normalized spacial score (nSPS) is 22.1. The van der Waals surface area contributed by atoms with Crippen molar-refractivity contribution in [2.45, 2.75) is 26.0 Å². The van der Waals surface area contributed by atoms with Crippen LogP contribution in [0.1, 0.15) is 23.8 Å². The van der Waals surface area contributed by atoms with Gasteiger partial charge in [-0.05, 0) is 12.3 Å². The third-order valence-electron chi connectivity index (χ3n) is 3.65. The van der Waals surface area contributed by atoms with E-state index in [0.717, 1.165) is 0 Å². The molecule has 2 heterocycles. The number of piperidine rings is 1. The molecule has 8 nitrogen and oxygen atoms in total. The van der Waals surface area contributed by atoms with E-state index >= 15 is 0 Å². The van der Waals surface area contributed by atoms with Gasteiger partial charge in [0.05, 0.1) is 12.4 Å². The highest BCUT2D eigenvalue weighted by Gasteiger charge is 2.26. The molecule has 8 heteroatoms. The molecule has 0 aliphatic carbocycles. The number of hydrogen-bond acceptors (Lipinski definition) is 4. The SMILES string of the molecule is CC1CN(C(=O)NCCn2cnc(C(=O)O)c2)CCC1O. The molecule has 2 amide bonds. The molecule has 21 heavy (non-hydrogen) atoms. The molecular formula is C13H20N4O4. The molecule has 2 atom stereocenters. The predicted octanol–water partition coefficient (Wildman–Crippen LogP) is -0.00640. The van der Waals surface area contributed by atoms with Crippen molar-refractivity contribution < 1.29 is 19.8 Å². The standard InChI is InChI=1S/C13H20N4O4/c1-9-6-17(4-2-11(9)18)13(21)14-3-5-16-7-10(12(19)20)15-8-16/h7-9,11,18H,2-6H2,1H3,(H,14,21)(H,19,20). The number of amides is 2. The van der Waals surface area contributed by atoms with Gasteiger partial charge < -0.3 is 25.0 Å². The van der Waals surface area contributed by atoms with E-state index in [9.17, 15) is 14.7 Å². The number of aliphatic hydroxyl groups excluding tert-OH is 1. The van der Waals surface area contributed by atoms with E-state index in [1.54, 1.807) is 9.47 Å². The number of hydrogen-bond donors (Lipinski definition) is 3. The van der Waals surface area contributed by atoms with Gasteiger partial charge in [0.25, 0.3) is 0 Å². The molecule has 3 N–H and O–H groups in total.